The van der Waals surface area contributed by atoms with Crippen LogP contribution in [0.5, 0.6) is 0 Å². The number of hydrogen-bond acceptors (Lipinski definition) is 3. The van der Waals surface area contributed by atoms with Gasteiger partial charge in [0.05, 0.1) is 0 Å². The number of sulfonamides is 1. The standard InChI is InChI=1S/C5H9NO3S/c1-6-10(8,9)5(4-7)2-3-5/h4,6H,2-3H2,1H3. The summed E-state index contributed by atoms with van der Waals surface area (Å²) in [7, 11) is -2.04. The molecule has 1 saturated carbocycles. The van der Waals surface area contributed by atoms with Crippen LogP contribution < -0.4 is 4.72 Å². The summed E-state index contributed by atoms with van der Waals surface area (Å²) < 4.78 is 23.0. The molecule has 0 aromatic heterocycles. The fraction of sp³-hybridized carbons (Fsp3) is 0.800. The van der Waals surface area contributed by atoms with E-state index in [9.17, 15) is 13.2 Å². The second-order valence-corrected chi connectivity index (χ2v) is 4.62. The second-order valence-electron chi connectivity index (χ2n) is 2.39. The number of aldehydes is 1. The number of carbonyl (C=O) groups is 1. The average molecular weight is 163 g/mol. The Hall–Kier alpha value is -0.420. The van der Waals surface area contributed by atoms with Crippen LogP contribution in [0.4, 0.5) is 0 Å². The molecular weight excluding hydrogens is 154 g/mol. The second kappa shape index (κ2) is 2.03. The van der Waals surface area contributed by atoms with Crippen molar-refractivity contribution in [1.29, 1.82) is 0 Å². The first-order valence-electron chi connectivity index (χ1n) is 2.97. The van der Waals surface area contributed by atoms with Crippen LogP contribution in [-0.4, -0.2) is 26.5 Å². The van der Waals surface area contributed by atoms with Crippen molar-refractivity contribution >= 4 is 16.3 Å². The summed E-state index contributed by atoms with van der Waals surface area (Å²) in [5, 5.41) is 0. The molecular formula is C5H9NO3S. The van der Waals surface area contributed by atoms with Gasteiger partial charge in [0.2, 0.25) is 10.0 Å². The molecule has 0 aromatic rings. The fourth-order valence-electron chi connectivity index (χ4n) is 0.776. The Kier molecular flexibility index (Phi) is 1.56. The third-order valence-electron chi connectivity index (χ3n) is 1.76. The number of hydrogen-bond donors (Lipinski definition) is 1. The molecule has 10 heavy (non-hydrogen) atoms. The molecule has 5 heteroatoms. The van der Waals surface area contributed by atoms with Crippen LogP contribution >= 0.6 is 0 Å². The van der Waals surface area contributed by atoms with Crippen molar-refractivity contribution in [2.75, 3.05) is 7.05 Å². The highest BCUT2D eigenvalue weighted by molar-refractivity contribution is 7.91. The molecule has 58 valence electrons. The molecule has 1 N–H and O–H groups in total. The molecule has 1 aliphatic rings. The molecule has 0 heterocycles. The topological polar surface area (TPSA) is 63.2 Å². The lowest BCUT2D eigenvalue weighted by Gasteiger charge is -2.05. The van der Waals surface area contributed by atoms with Gasteiger partial charge in [-0.25, -0.2) is 13.1 Å². The smallest absolute Gasteiger partial charge is 0.223 e. The summed E-state index contributed by atoms with van der Waals surface area (Å²) in [6, 6.07) is 0. The van der Waals surface area contributed by atoms with Crippen LogP contribution in [0.25, 0.3) is 0 Å². The molecule has 4 nitrogen and oxygen atoms in total. The Morgan fingerprint density at radius 3 is 2.10 bits per heavy atom. The number of nitrogens with one attached hydrogen (secondary N) is 1. The summed E-state index contributed by atoms with van der Waals surface area (Å²) in [6.07, 6.45) is 1.43. The Bertz CT molecular complexity index is 240. The summed E-state index contributed by atoms with van der Waals surface area (Å²) in [5.74, 6) is 0. The zero-order valence-electron chi connectivity index (χ0n) is 5.62. The van der Waals surface area contributed by atoms with Crippen LogP contribution in [0.1, 0.15) is 12.8 Å². The lowest BCUT2D eigenvalue weighted by Crippen LogP contribution is -2.34. The van der Waals surface area contributed by atoms with Gasteiger partial charge in [-0.3, -0.25) is 0 Å². The maximum atomic E-state index is 11.0. The predicted octanol–water partition coefficient (Wildman–Crippen LogP) is -0.733. The van der Waals surface area contributed by atoms with Gasteiger partial charge in [0.25, 0.3) is 0 Å². The van der Waals surface area contributed by atoms with E-state index in [1.165, 1.54) is 7.05 Å². The van der Waals surface area contributed by atoms with E-state index in [0.29, 0.717) is 19.1 Å². The molecule has 0 bridgehead atoms. The molecule has 0 aliphatic heterocycles. The predicted molar refractivity (Wildman–Crippen MR) is 36.0 cm³/mol. The van der Waals surface area contributed by atoms with E-state index in [2.05, 4.69) is 4.72 Å². The molecule has 0 unspecified atom stereocenters. The van der Waals surface area contributed by atoms with Gasteiger partial charge in [0.1, 0.15) is 11.0 Å². The Morgan fingerprint density at radius 2 is 2.00 bits per heavy atom. The molecule has 0 radical (unpaired) electrons. The highest BCUT2D eigenvalue weighted by atomic mass is 32.2. The van der Waals surface area contributed by atoms with E-state index in [1.54, 1.807) is 0 Å². The van der Waals surface area contributed by atoms with Gasteiger partial charge in [-0.05, 0) is 19.9 Å². The summed E-state index contributed by atoms with van der Waals surface area (Å²) in [4.78, 5) is 10.3. The maximum absolute atomic E-state index is 11.0. The Morgan fingerprint density at radius 1 is 1.50 bits per heavy atom. The minimum atomic E-state index is -3.35. The third kappa shape index (κ3) is 0.856. The summed E-state index contributed by atoms with van der Waals surface area (Å²) in [6.45, 7) is 0. The zero-order valence-corrected chi connectivity index (χ0v) is 6.44. The van der Waals surface area contributed by atoms with Crippen molar-refractivity contribution in [3.63, 3.8) is 0 Å². The lowest BCUT2D eigenvalue weighted by molar-refractivity contribution is -0.108. The van der Waals surface area contributed by atoms with Gasteiger partial charge in [-0.2, -0.15) is 0 Å². The molecule has 0 saturated heterocycles. The summed E-state index contributed by atoms with van der Waals surface area (Å²) in [5.41, 5.74) is 0. The van der Waals surface area contributed by atoms with Crippen LogP contribution in [0.2, 0.25) is 0 Å². The van der Waals surface area contributed by atoms with Crippen molar-refractivity contribution in [3.05, 3.63) is 0 Å². The lowest BCUT2D eigenvalue weighted by atomic mass is 10.5. The van der Waals surface area contributed by atoms with Crippen LogP contribution in [0, 0.1) is 0 Å². The Balaban J connectivity index is 2.93. The van der Waals surface area contributed by atoms with Crippen molar-refractivity contribution in [2.45, 2.75) is 17.6 Å². The molecule has 1 fully saturated rings. The van der Waals surface area contributed by atoms with Gasteiger partial charge in [0, 0.05) is 0 Å². The monoisotopic (exact) mass is 163 g/mol. The average Bonchev–Trinajstić information content (AvgIpc) is 2.67. The summed E-state index contributed by atoms with van der Waals surface area (Å²) >= 11 is 0. The van der Waals surface area contributed by atoms with Gasteiger partial charge in [0.15, 0.2) is 0 Å². The first-order chi connectivity index (χ1) is 4.58. The molecule has 1 rings (SSSR count). The first kappa shape index (κ1) is 7.68. The van der Waals surface area contributed by atoms with Gasteiger partial charge in [-0.1, -0.05) is 0 Å². The van der Waals surface area contributed by atoms with Gasteiger partial charge in [-0.15, -0.1) is 0 Å². The minimum Gasteiger partial charge on any atom is -0.302 e. The molecule has 0 spiro atoms. The van der Waals surface area contributed by atoms with Crippen molar-refractivity contribution < 1.29 is 13.2 Å². The van der Waals surface area contributed by atoms with E-state index in [-0.39, 0.29) is 0 Å². The normalized spacial score (nSPS) is 22.1. The van der Waals surface area contributed by atoms with Crippen molar-refractivity contribution in [1.82, 2.24) is 4.72 Å². The highest BCUT2D eigenvalue weighted by Crippen LogP contribution is 2.40. The van der Waals surface area contributed by atoms with E-state index in [4.69, 9.17) is 0 Å². The zero-order chi connectivity index (χ0) is 7.83. The molecule has 0 aromatic carbocycles. The quantitative estimate of drug-likeness (QED) is 0.558. The van der Waals surface area contributed by atoms with Gasteiger partial charge >= 0.3 is 0 Å². The largest absolute Gasteiger partial charge is 0.302 e. The van der Waals surface area contributed by atoms with E-state index < -0.39 is 14.8 Å². The van der Waals surface area contributed by atoms with Crippen LogP contribution in [0.15, 0.2) is 0 Å². The highest BCUT2D eigenvalue weighted by Gasteiger charge is 2.54. The molecule has 0 amide bonds. The minimum absolute atomic E-state index is 0.458. The molecule has 0 atom stereocenters. The first-order valence-corrected chi connectivity index (χ1v) is 4.46. The van der Waals surface area contributed by atoms with E-state index in [1.807, 2.05) is 0 Å². The number of rotatable bonds is 3. The third-order valence-corrected chi connectivity index (χ3v) is 3.87. The SMILES string of the molecule is CNS(=O)(=O)C1(C=O)CC1. The Labute approximate surface area is 59.7 Å². The van der Waals surface area contributed by atoms with E-state index >= 15 is 0 Å². The van der Waals surface area contributed by atoms with Crippen LogP contribution in [0.3, 0.4) is 0 Å². The molecule has 1 aliphatic carbocycles. The van der Waals surface area contributed by atoms with Crippen LogP contribution in [-0.2, 0) is 14.8 Å². The van der Waals surface area contributed by atoms with Crippen molar-refractivity contribution in [2.24, 2.45) is 0 Å². The van der Waals surface area contributed by atoms with Gasteiger partial charge < -0.3 is 4.79 Å². The fourth-order valence-corrected chi connectivity index (χ4v) is 1.95. The van der Waals surface area contributed by atoms with E-state index in [0.717, 1.165) is 0 Å². The maximum Gasteiger partial charge on any atom is 0.223 e. The van der Waals surface area contributed by atoms with Crippen molar-refractivity contribution in [3.8, 4) is 0 Å². The number of carbonyl (C=O) groups excluding carboxylic acids is 1.